The predicted molar refractivity (Wildman–Crippen MR) is 67.7 cm³/mol. The van der Waals surface area contributed by atoms with Crippen molar-refractivity contribution in [3.8, 4) is 0 Å². The lowest BCUT2D eigenvalue weighted by Crippen LogP contribution is -2.27. The molecular formula is C13H11N3O. The van der Waals surface area contributed by atoms with E-state index in [-0.39, 0.29) is 0 Å². The number of nitrogens with zero attached hydrogens (tertiary/aromatic N) is 2. The summed E-state index contributed by atoms with van der Waals surface area (Å²) in [6, 6.07) is 5.35. The lowest BCUT2D eigenvalue weighted by molar-refractivity contribution is 0.100. The van der Waals surface area contributed by atoms with Crippen LogP contribution in [-0.2, 0) is 0 Å². The Morgan fingerprint density at radius 2 is 2.29 bits per heavy atom. The summed E-state index contributed by atoms with van der Waals surface area (Å²) in [5.41, 5.74) is 8.59. The molecule has 4 heteroatoms. The first kappa shape index (κ1) is 9.84. The Kier molecular flexibility index (Phi) is 2.08. The molecule has 1 aromatic rings. The number of carbonyl (C=O) groups excluding carboxylic acids is 1. The molecule has 0 saturated heterocycles. The van der Waals surface area contributed by atoms with Crippen molar-refractivity contribution < 1.29 is 4.79 Å². The Balaban J connectivity index is 2.11. The summed E-state index contributed by atoms with van der Waals surface area (Å²) in [5, 5.41) is 0. The van der Waals surface area contributed by atoms with E-state index >= 15 is 0 Å². The number of rotatable bonds is 1. The van der Waals surface area contributed by atoms with Gasteiger partial charge in [-0.05, 0) is 24.3 Å². The number of carbonyl (C=O) groups is 1. The Hall–Kier alpha value is -2.36. The fourth-order valence-electron chi connectivity index (χ4n) is 2.02. The first-order valence-corrected chi connectivity index (χ1v) is 5.38. The Bertz CT molecular complexity index is 584. The number of aliphatic imine (C=N–C) groups is 1. The molecule has 2 aliphatic rings. The molecule has 3 rings (SSSR count). The first-order valence-electron chi connectivity index (χ1n) is 5.38. The number of primary amides is 1. The zero-order valence-corrected chi connectivity index (χ0v) is 9.13. The zero-order chi connectivity index (χ0) is 11.8. The van der Waals surface area contributed by atoms with Gasteiger partial charge in [-0.1, -0.05) is 12.2 Å². The second kappa shape index (κ2) is 3.59. The number of allylic oxidation sites excluding steroid dienone is 3. The third-order valence-corrected chi connectivity index (χ3v) is 2.89. The van der Waals surface area contributed by atoms with Gasteiger partial charge in [-0.15, -0.1) is 0 Å². The minimum absolute atomic E-state index is 0.428. The molecule has 0 unspecified atom stereocenters. The van der Waals surface area contributed by atoms with Gasteiger partial charge in [0.2, 0.25) is 5.91 Å². The van der Waals surface area contributed by atoms with Crippen LogP contribution >= 0.6 is 0 Å². The number of fused-ring (bicyclic) bond motifs is 3. The molecular weight excluding hydrogens is 214 g/mol. The average Bonchev–Trinajstić information content (AvgIpc) is 2.38. The summed E-state index contributed by atoms with van der Waals surface area (Å²) >= 11 is 0. The van der Waals surface area contributed by atoms with Crippen molar-refractivity contribution in [2.45, 2.75) is 0 Å². The molecule has 0 aromatic heterocycles. The largest absolute Gasteiger partial charge is 0.366 e. The fraction of sp³-hybridized carbons (Fsp3) is 0.0769. The van der Waals surface area contributed by atoms with Crippen molar-refractivity contribution >= 4 is 23.5 Å². The Labute approximate surface area is 98.8 Å². The third-order valence-electron chi connectivity index (χ3n) is 2.89. The van der Waals surface area contributed by atoms with Gasteiger partial charge in [-0.25, -0.2) is 0 Å². The maximum absolute atomic E-state index is 11.1. The number of hydrogen-bond acceptors (Lipinski definition) is 3. The summed E-state index contributed by atoms with van der Waals surface area (Å²) in [4.78, 5) is 17.6. The smallest absolute Gasteiger partial charge is 0.248 e. The summed E-state index contributed by atoms with van der Waals surface area (Å²) in [7, 11) is 0. The molecule has 0 spiro atoms. The molecule has 0 radical (unpaired) electrons. The minimum atomic E-state index is -0.428. The molecule has 0 bridgehead atoms. The molecule has 84 valence electrons. The zero-order valence-electron chi connectivity index (χ0n) is 9.13. The lowest BCUT2D eigenvalue weighted by Gasteiger charge is -2.30. The van der Waals surface area contributed by atoms with Gasteiger partial charge in [0.1, 0.15) is 0 Å². The van der Waals surface area contributed by atoms with Crippen LogP contribution in [0.15, 0.2) is 47.1 Å². The SMILES string of the molecule is NC(=O)c1ccc2c(c1)N=CC1=CC=CCN12. The molecule has 17 heavy (non-hydrogen) atoms. The highest BCUT2D eigenvalue weighted by Crippen LogP contribution is 2.35. The van der Waals surface area contributed by atoms with Crippen molar-refractivity contribution in [3.63, 3.8) is 0 Å². The first-order chi connectivity index (χ1) is 8.25. The molecule has 2 aliphatic heterocycles. The Morgan fingerprint density at radius 3 is 3.12 bits per heavy atom. The van der Waals surface area contributed by atoms with Crippen molar-refractivity contribution in [2.75, 3.05) is 11.4 Å². The highest BCUT2D eigenvalue weighted by molar-refractivity contribution is 5.98. The quantitative estimate of drug-likeness (QED) is 0.791. The average molecular weight is 225 g/mol. The van der Waals surface area contributed by atoms with Crippen LogP contribution in [0.1, 0.15) is 10.4 Å². The molecule has 2 N–H and O–H groups in total. The van der Waals surface area contributed by atoms with Gasteiger partial charge in [0.15, 0.2) is 0 Å². The van der Waals surface area contributed by atoms with Crippen LogP contribution in [0, 0.1) is 0 Å². The molecule has 1 aromatic carbocycles. The maximum Gasteiger partial charge on any atom is 0.248 e. The van der Waals surface area contributed by atoms with E-state index in [0.717, 1.165) is 23.6 Å². The normalized spacial score (nSPS) is 16.2. The van der Waals surface area contributed by atoms with Crippen LogP contribution in [0.4, 0.5) is 11.4 Å². The molecule has 0 fully saturated rings. The fourth-order valence-corrected chi connectivity index (χ4v) is 2.02. The van der Waals surface area contributed by atoms with E-state index in [2.05, 4.69) is 16.0 Å². The molecule has 1 amide bonds. The number of hydrogen-bond donors (Lipinski definition) is 1. The maximum atomic E-state index is 11.1. The van der Waals surface area contributed by atoms with Crippen molar-refractivity contribution in [1.82, 2.24) is 0 Å². The van der Waals surface area contributed by atoms with E-state index in [1.165, 1.54) is 0 Å². The minimum Gasteiger partial charge on any atom is -0.366 e. The van der Waals surface area contributed by atoms with Crippen molar-refractivity contribution in [1.29, 1.82) is 0 Å². The van der Waals surface area contributed by atoms with Gasteiger partial charge in [0.25, 0.3) is 0 Å². The van der Waals surface area contributed by atoms with E-state index in [1.807, 2.05) is 18.2 Å². The topological polar surface area (TPSA) is 58.7 Å². The van der Waals surface area contributed by atoms with Gasteiger partial charge in [-0.3, -0.25) is 9.79 Å². The summed E-state index contributed by atoms with van der Waals surface area (Å²) in [6.45, 7) is 0.820. The monoisotopic (exact) mass is 225 g/mol. The van der Waals surface area contributed by atoms with Crippen molar-refractivity contribution in [2.24, 2.45) is 10.7 Å². The van der Waals surface area contributed by atoms with Crippen LogP contribution < -0.4 is 10.6 Å². The molecule has 4 nitrogen and oxygen atoms in total. The van der Waals surface area contributed by atoms with Gasteiger partial charge >= 0.3 is 0 Å². The van der Waals surface area contributed by atoms with Crippen LogP contribution in [0.5, 0.6) is 0 Å². The van der Waals surface area contributed by atoms with E-state index < -0.39 is 5.91 Å². The highest BCUT2D eigenvalue weighted by atomic mass is 16.1. The number of nitrogens with two attached hydrogens (primary N) is 1. The third kappa shape index (κ3) is 1.54. The van der Waals surface area contributed by atoms with Gasteiger partial charge in [0.05, 0.1) is 23.3 Å². The van der Waals surface area contributed by atoms with Crippen LogP contribution in [-0.4, -0.2) is 18.7 Å². The molecule has 0 saturated carbocycles. The number of benzene rings is 1. The van der Waals surface area contributed by atoms with E-state index in [0.29, 0.717) is 5.56 Å². The van der Waals surface area contributed by atoms with E-state index in [9.17, 15) is 4.79 Å². The molecule has 0 atom stereocenters. The number of anilines is 1. The van der Waals surface area contributed by atoms with Gasteiger partial charge < -0.3 is 10.6 Å². The molecule has 0 aliphatic carbocycles. The standard InChI is InChI=1S/C13H11N3O/c14-13(17)9-4-5-12-11(7-9)15-8-10-3-1-2-6-16(10)12/h1-5,7-8H,6H2,(H2,14,17). The van der Waals surface area contributed by atoms with Crippen LogP contribution in [0.3, 0.4) is 0 Å². The second-order valence-electron chi connectivity index (χ2n) is 3.96. The van der Waals surface area contributed by atoms with Crippen LogP contribution in [0.25, 0.3) is 0 Å². The lowest BCUT2D eigenvalue weighted by atomic mass is 10.1. The summed E-state index contributed by atoms with van der Waals surface area (Å²) < 4.78 is 0. The van der Waals surface area contributed by atoms with Crippen LogP contribution in [0.2, 0.25) is 0 Å². The van der Waals surface area contributed by atoms with E-state index in [4.69, 9.17) is 5.73 Å². The number of amides is 1. The predicted octanol–water partition coefficient (Wildman–Crippen LogP) is 1.76. The van der Waals surface area contributed by atoms with Gasteiger partial charge in [0, 0.05) is 12.1 Å². The van der Waals surface area contributed by atoms with Gasteiger partial charge in [-0.2, -0.15) is 0 Å². The second-order valence-corrected chi connectivity index (χ2v) is 3.96. The Morgan fingerprint density at radius 1 is 1.41 bits per heavy atom. The van der Waals surface area contributed by atoms with Crippen molar-refractivity contribution in [3.05, 3.63) is 47.7 Å². The van der Waals surface area contributed by atoms with E-state index in [1.54, 1.807) is 18.3 Å². The molecule has 2 heterocycles. The summed E-state index contributed by atoms with van der Waals surface area (Å²) in [5.74, 6) is -0.428. The summed E-state index contributed by atoms with van der Waals surface area (Å²) in [6.07, 6.45) is 7.91. The highest BCUT2D eigenvalue weighted by Gasteiger charge is 2.19.